The van der Waals surface area contributed by atoms with Crippen LogP contribution in [0.3, 0.4) is 0 Å². The molecule has 0 saturated heterocycles. The highest BCUT2D eigenvalue weighted by atomic mass is 32.2. The Labute approximate surface area is 152 Å². The third kappa shape index (κ3) is 3.77. The number of nitrogens with zero attached hydrogens (tertiary/aromatic N) is 1. The van der Waals surface area contributed by atoms with Gasteiger partial charge in [-0.1, -0.05) is 6.92 Å². The number of aryl methyl sites for hydroxylation is 1. The van der Waals surface area contributed by atoms with Gasteiger partial charge >= 0.3 is 0 Å². The van der Waals surface area contributed by atoms with Crippen molar-refractivity contribution in [3.63, 3.8) is 0 Å². The summed E-state index contributed by atoms with van der Waals surface area (Å²) in [5.41, 5.74) is 1.51. The normalized spacial score (nSPS) is 17.4. The number of benzene rings is 1. The van der Waals surface area contributed by atoms with Crippen LogP contribution in [0, 0.1) is 5.92 Å². The fraction of sp³-hybridized carbons (Fsp3) is 0.444. The molecule has 7 heteroatoms. The van der Waals surface area contributed by atoms with E-state index in [1.54, 1.807) is 26.0 Å². The predicted octanol–water partition coefficient (Wildman–Crippen LogP) is 3.70. The van der Waals surface area contributed by atoms with Gasteiger partial charge in [-0.05, 0) is 63.3 Å². The number of amides is 1. The molecule has 1 aromatic carbocycles. The van der Waals surface area contributed by atoms with Gasteiger partial charge in [-0.15, -0.1) is 11.3 Å². The number of hydrogen-bond donors (Lipinski definition) is 1. The Hall–Kier alpha value is -1.73. The van der Waals surface area contributed by atoms with E-state index in [9.17, 15) is 13.2 Å². The van der Waals surface area contributed by atoms with Gasteiger partial charge in [0.1, 0.15) is 0 Å². The van der Waals surface area contributed by atoms with Crippen LogP contribution in [0.5, 0.6) is 0 Å². The minimum Gasteiger partial charge on any atom is -0.298 e. The van der Waals surface area contributed by atoms with E-state index in [2.05, 4.69) is 17.2 Å². The number of anilines is 1. The number of sulfone groups is 1. The van der Waals surface area contributed by atoms with Crippen molar-refractivity contribution in [2.45, 2.75) is 50.2 Å². The average Bonchev–Trinajstić information content (AvgIpc) is 2.96. The molecule has 0 radical (unpaired) electrons. The summed E-state index contributed by atoms with van der Waals surface area (Å²) in [6.45, 7) is 5.51. The summed E-state index contributed by atoms with van der Waals surface area (Å²) in [6, 6.07) is 6.05. The third-order valence-corrected chi connectivity index (χ3v) is 7.68. The Kier molecular flexibility index (Phi) is 4.97. The zero-order chi connectivity index (χ0) is 18.2. The van der Waals surface area contributed by atoms with Crippen LogP contribution in [0.25, 0.3) is 0 Å². The lowest BCUT2D eigenvalue weighted by Gasteiger charge is -2.15. The molecule has 0 fully saturated rings. The van der Waals surface area contributed by atoms with E-state index in [1.165, 1.54) is 28.3 Å². The third-order valence-electron chi connectivity index (χ3n) is 4.47. The highest BCUT2D eigenvalue weighted by Gasteiger charge is 2.22. The number of nitrogens with one attached hydrogen (secondary N) is 1. The van der Waals surface area contributed by atoms with Gasteiger partial charge in [-0.3, -0.25) is 10.1 Å². The molecule has 0 aliphatic heterocycles. The van der Waals surface area contributed by atoms with Crippen molar-refractivity contribution in [1.29, 1.82) is 0 Å². The highest BCUT2D eigenvalue weighted by Crippen LogP contribution is 2.32. The first-order valence-electron chi connectivity index (χ1n) is 8.41. The number of aromatic nitrogens is 1. The molecule has 1 heterocycles. The second-order valence-electron chi connectivity index (χ2n) is 6.81. The van der Waals surface area contributed by atoms with Crippen LogP contribution < -0.4 is 5.32 Å². The van der Waals surface area contributed by atoms with Crippen molar-refractivity contribution in [3.05, 3.63) is 40.4 Å². The topological polar surface area (TPSA) is 76.1 Å². The van der Waals surface area contributed by atoms with Crippen LogP contribution in [0.1, 0.15) is 48.1 Å². The SMILES string of the molecule is CC1CCc2nc(NC(=O)c3ccc(S(=O)(=O)C(C)C)cc3)sc2C1. The van der Waals surface area contributed by atoms with Crippen molar-refractivity contribution in [2.75, 3.05) is 5.32 Å². The first-order valence-corrected chi connectivity index (χ1v) is 10.8. The standard InChI is InChI=1S/C18H22N2O3S2/c1-11(2)25(22,23)14-7-5-13(6-8-14)17(21)20-18-19-15-9-4-12(3)10-16(15)24-18/h5-8,11-12H,4,9-10H2,1-3H3,(H,19,20,21). The molecule has 0 saturated carbocycles. The number of hydrogen-bond acceptors (Lipinski definition) is 5. The van der Waals surface area contributed by atoms with Gasteiger partial charge < -0.3 is 0 Å². The van der Waals surface area contributed by atoms with Crippen molar-refractivity contribution in [2.24, 2.45) is 5.92 Å². The van der Waals surface area contributed by atoms with Gasteiger partial charge in [0.2, 0.25) is 0 Å². The fourth-order valence-electron chi connectivity index (χ4n) is 2.83. The fourth-order valence-corrected chi connectivity index (χ4v) is 5.06. The summed E-state index contributed by atoms with van der Waals surface area (Å²) in [7, 11) is -3.33. The Morgan fingerprint density at radius 2 is 1.96 bits per heavy atom. The Bertz CT molecular complexity index is 884. The molecule has 5 nitrogen and oxygen atoms in total. The summed E-state index contributed by atoms with van der Waals surface area (Å²) in [5.74, 6) is 0.389. The molecule has 25 heavy (non-hydrogen) atoms. The number of carbonyl (C=O) groups excluding carboxylic acids is 1. The van der Waals surface area contributed by atoms with E-state index in [-0.39, 0.29) is 10.8 Å². The molecular formula is C18H22N2O3S2. The van der Waals surface area contributed by atoms with E-state index in [0.717, 1.165) is 25.0 Å². The van der Waals surface area contributed by atoms with Gasteiger partial charge in [0.25, 0.3) is 5.91 Å². The maximum Gasteiger partial charge on any atom is 0.257 e. The molecule has 1 unspecified atom stereocenters. The van der Waals surface area contributed by atoms with E-state index < -0.39 is 15.1 Å². The second kappa shape index (κ2) is 6.88. The van der Waals surface area contributed by atoms with E-state index in [4.69, 9.17) is 0 Å². The maximum atomic E-state index is 12.4. The summed E-state index contributed by atoms with van der Waals surface area (Å²) >= 11 is 1.53. The minimum absolute atomic E-state index is 0.234. The van der Waals surface area contributed by atoms with E-state index in [0.29, 0.717) is 16.6 Å². The monoisotopic (exact) mass is 378 g/mol. The van der Waals surface area contributed by atoms with Gasteiger partial charge in [0, 0.05) is 10.4 Å². The molecule has 1 N–H and O–H groups in total. The van der Waals surface area contributed by atoms with E-state index >= 15 is 0 Å². The lowest BCUT2D eigenvalue weighted by atomic mass is 9.93. The molecule has 3 rings (SSSR count). The lowest BCUT2D eigenvalue weighted by molar-refractivity contribution is 0.102. The highest BCUT2D eigenvalue weighted by molar-refractivity contribution is 7.92. The average molecular weight is 379 g/mol. The molecule has 1 aromatic heterocycles. The summed E-state index contributed by atoms with van der Waals surface area (Å²) in [6.07, 6.45) is 3.12. The Balaban J connectivity index is 1.74. The van der Waals surface area contributed by atoms with Gasteiger partial charge in [-0.2, -0.15) is 0 Å². The Morgan fingerprint density at radius 3 is 2.60 bits per heavy atom. The van der Waals surface area contributed by atoms with Crippen LogP contribution in [0.2, 0.25) is 0 Å². The van der Waals surface area contributed by atoms with Crippen molar-refractivity contribution >= 4 is 32.2 Å². The largest absolute Gasteiger partial charge is 0.298 e. The molecule has 1 aliphatic rings. The van der Waals surface area contributed by atoms with Crippen LogP contribution in [0.15, 0.2) is 29.2 Å². The summed E-state index contributed by atoms with van der Waals surface area (Å²) in [4.78, 5) is 18.4. The predicted molar refractivity (Wildman–Crippen MR) is 100 cm³/mol. The first-order chi connectivity index (χ1) is 11.8. The van der Waals surface area contributed by atoms with Crippen LogP contribution in [-0.2, 0) is 22.7 Å². The van der Waals surface area contributed by atoms with Gasteiger partial charge in [-0.25, -0.2) is 13.4 Å². The molecule has 1 amide bonds. The van der Waals surface area contributed by atoms with Crippen LogP contribution in [0.4, 0.5) is 5.13 Å². The molecule has 134 valence electrons. The lowest BCUT2D eigenvalue weighted by Crippen LogP contribution is -2.15. The molecule has 0 spiro atoms. The number of carbonyl (C=O) groups is 1. The maximum absolute atomic E-state index is 12.4. The molecule has 0 bridgehead atoms. The van der Waals surface area contributed by atoms with Crippen molar-refractivity contribution in [3.8, 4) is 0 Å². The molecule has 1 atom stereocenters. The number of thiazole rings is 1. The Morgan fingerprint density at radius 1 is 1.28 bits per heavy atom. The molecule has 1 aliphatic carbocycles. The van der Waals surface area contributed by atoms with Crippen molar-refractivity contribution in [1.82, 2.24) is 4.98 Å². The summed E-state index contributed by atoms with van der Waals surface area (Å²) in [5, 5.41) is 2.95. The molecular weight excluding hydrogens is 356 g/mol. The number of rotatable bonds is 4. The zero-order valence-corrected chi connectivity index (χ0v) is 16.2. The van der Waals surface area contributed by atoms with E-state index in [1.807, 2.05) is 0 Å². The minimum atomic E-state index is -3.33. The van der Waals surface area contributed by atoms with Gasteiger partial charge in [0.15, 0.2) is 15.0 Å². The number of fused-ring (bicyclic) bond motifs is 1. The quantitative estimate of drug-likeness (QED) is 0.880. The van der Waals surface area contributed by atoms with Crippen molar-refractivity contribution < 1.29 is 13.2 Å². The second-order valence-corrected chi connectivity index (χ2v) is 10.4. The summed E-state index contributed by atoms with van der Waals surface area (Å²) < 4.78 is 24.3. The van der Waals surface area contributed by atoms with Crippen LogP contribution >= 0.6 is 11.3 Å². The zero-order valence-electron chi connectivity index (χ0n) is 14.6. The first kappa shape index (κ1) is 18.1. The van der Waals surface area contributed by atoms with Crippen LogP contribution in [-0.4, -0.2) is 24.6 Å². The molecule has 2 aromatic rings. The van der Waals surface area contributed by atoms with Gasteiger partial charge in [0.05, 0.1) is 15.8 Å². The smallest absolute Gasteiger partial charge is 0.257 e.